The highest BCUT2D eigenvalue weighted by molar-refractivity contribution is 14.1. The van der Waals surface area contributed by atoms with Crippen molar-refractivity contribution in [3.63, 3.8) is 0 Å². The van der Waals surface area contributed by atoms with Crippen LogP contribution in [-0.4, -0.2) is 11.5 Å². The minimum absolute atomic E-state index is 0.0528. The third kappa shape index (κ3) is 2.61. The van der Waals surface area contributed by atoms with Crippen molar-refractivity contribution < 1.29 is 9.66 Å². The van der Waals surface area contributed by atoms with Crippen LogP contribution < -0.4 is 4.74 Å². The van der Waals surface area contributed by atoms with Crippen LogP contribution in [0.4, 0.5) is 5.69 Å². The van der Waals surface area contributed by atoms with Crippen molar-refractivity contribution in [2.45, 2.75) is 0 Å². The van der Waals surface area contributed by atoms with Crippen molar-refractivity contribution in [3.8, 4) is 24.2 Å². The molecule has 1 aromatic carbocycles. The molecule has 5 nitrogen and oxygen atoms in total. The lowest BCUT2D eigenvalue weighted by molar-refractivity contribution is -0.385. The van der Waals surface area contributed by atoms with Gasteiger partial charge in [0.2, 0.25) is 5.75 Å². The first-order valence-electron chi connectivity index (χ1n) is 4.04. The second kappa shape index (κ2) is 5.33. The number of benzene rings is 1. The van der Waals surface area contributed by atoms with E-state index < -0.39 is 4.92 Å². The van der Waals surface area contributed by atoms with Crippen LogP contribution in [0.1, 0.15) is 5.56 Å². The van der Waals surface area contributed by atoms with E-state index in [2.05, 4.69) is 5.92 Å². The normalized spacial score (nSPS) is 8.94. The van der Waals surface area contributed by atoms with Gasteiger partial charge in [-0.25, -0.2) is 0 Å². The summed E-state index contributed by atoms with van der Waals surface area (Å²) in [6, 6.07) is 4.50. The summed E-state index contributed by atoms with van der Waals surface area (Å²) in [5.74, 6) is 2.32. The summed E-state index contributed by atoms with van der Waals surface area (Å²) in [6.07, 6.45) is 5.01. The van der Waals surface area contributed by atoms with Crippen molar-refractivity contribution >= 4 is 28.3 Å². The van der Waals surface area contributed by atoms with Gasteiger partial charge >= 0.3 is 5.69 Å². The first kappa shape index (κ1) is 12.3. The highest BCUT2D eigenvalue weighted by Crippen LogP contribution is 2.33. The molecular formula is C10H5IN2O3. The zero-order valence-electron chi connectivity index (χ0n) is 7.94. The lowest BCUT2D eigenvalue weighted by Gasteiger charge is -2.06. The van der Waals surface area contributed by atoms with Crippen molar-refractivity contribution in [2.75, 3.05) is 6.61 Å². The van der Waals surface area contributed by atoms with Gasteiger partial charge in [0.1, 0.15) is 6.61 Å². The van der Waals surface area contributed by atoms with E-state index in [0.29, 0.717) is 3.57 Å². The number of nitro benzene ring substituents is 1. The number of ether oxygens (including phenoxy) is 1. The Morgan fingerprint density at radius 2 is 2.31 bits per heavy atom. The first-order valence-corrected chi connectivity index (χ1v) is 5.12. The molecule has 0 atom stereocenters. The first-order chi connectivity index (χ1) is 7.60. The lowest BCUT2D eigenvalue weighted by Crippen LogP contribution is -2.01. The van der Waals surface area contributed by atoms with E-state index in [-0.39, 0.29) is 23.6 Å². The highest BCUT2D eigenvalue weighted by atomic mass is 127. The molecule has 0 aliphatic carbocycles. The number of halogens is 1. The molecule has 1 rings (SSSR count). The number of nitriles is 1. The third-order valence-corrected chi connectivity index (χ3v) is 2.45. The Morgan fingerprint density at radius 3 is 2.81 bits per heavy atom. The molecule has 0 unspecified atom stereocenters. The molecule has 0 radical (unpaired) electrons. The van der Waals surface area contributed by atoms with Crippen LogP contribution in [0, 0.1) is 37.4 Å². The van der Waals surface area contributed by atoms with Crippen LogP contribution in [0.15, 0.2) is 12.1 Å². The molecule has 0 aromatic heterocycles. The monoisotopic (exact) mass is 328 g/mol. The molecule has 0 N–H and O–H groups in total. The molecular weight excluding hydrogens is 323 g/mol. The summed E-state index contributed by atoms with van der Waals surface area (Å²) in [4.78, 5) is 10.2. The van der Waals surface area contributed by atoms with E-state index in [1.54, 1.807) is 0 Å². The fourth-order valence-electron chi connectivity index (χ4n) is 1.04. The average Bonchev–Trinajstić information content (AvgIpc) is 2.26. The van der Waals surface area contributed by atoms with Gasteiger partial charge < -0.3 is 4.74 Å². The summed E-state index contributed by atoms with van der Waals surface area (Å²) < 4.78 is 5.57. The molecule has 0 saturated heterocycles. The van der Waals surface area contributed by atoms with Gasteiger partial charge in [0.05, 0.1) is 20.1 Å². The second-order valence-electron chi connectivity index (χ2n) is 2.67. The van der Waals surface area contributed by atoms with Gasteiger partial charge in [0.15, 0.2) is 0 Å². The molecule has 6 heteroatoms. The molecule has 0 aliphatic rings. The Hall–Kier alpha value is -1.80. The predicted octanol–water partition coefficient (Wildman–Crippen LogP) is 2.08. The van der Waals surface area contributed by atoms with Crippen LogP contribution in [0.3, 0.4) is 0 Å². The van der Waals surface area contributed by atoms with E-state index in [9.17, 15) is 10.1 Å². The smallest absolute Gasteiger partial charge is 0.313 e. The SMILES string of the molecule is C#CCOc1c(I)cc(C#N)cc1[N+](=O)[O-]. The number of nitro groups is 1. The molecule has 16 heavy (non-hydrogen) atoms. The lowest BCUT2D eigenvalue weighted by atomic mass is 10.2. The maximum absolute atomic E-state index is 10.8. The Morgan fingerprint density at radius 1 is 1.62 bits per heavy atom. The van der Waals surface area contributed by atoms with E-state index in [4.69, 9.17) is 16.4 Å². The van der Waals surface area contributed by atoms with Gasteiger partial charge in [-0.2, -0.15) is 5.26 Å². The van der Waals surface area contributed by atoms with E-state index in [1.165, 1.54) is 6.07 Å². The van der Waals surface area contributed by atoms with E-state index >= 15 is 0 Å². The summed E-state index contributed by atoms with van der Waals surface area (Å²) in [5, 5.41) is 19.5. The fraction of sp³-hybridized carbons (Fsp3) is 0.100. The standard InChI is InChI=1S/C10H5IN2O3/c1-2-3-16-10-8(11)4-7(6-12)5-9(10)13(14)15/h1,4-5H,3H2. The maximum Gasteiger partial charge on any atom is 0.313 e. The van der Waals surface area contributed by atoms with Gasteiger partial charge in [-0.15, -0.1) is 6.42 Å². The summed E-state index contributed by atoms with van der Waals surface area (Å²) in [5.41, 5.74) is -0.0390. The van der Waals surface area contributed by atoms with E-state index in [0.717, 1.165) is 6.07 Å². The number of rotatable bonds is 3. The van der Waals surface area contributed by atoms with Crippen LogP contribution >= 0.6 is 22.6 Å². The molecule has 0 spiro atoms. The number of hydrogen-bond donors (Lipinski definition) is 0. The number of hydrogen-bond acceptors (Lipinski definition) is 4. The Labute approximate surface area is 105 Å². The largest absolute Gasteiger partial charge is 0.473 e. The average molecular weight is 328 g/mol. The Balaban J connectivity index is 3.30. The number of nitrogens with zero attached hydrogens (tertiary/aromatic N) is 2. The molecule has 0 amide bonds. The fourth-order valence-corrected chi connectivity index (χ4v) is 1.80. The third-order valence-electron chi connectivity index (χ3n) is 1.65. The van der Waals surface area contributed by atoms with E-state index in [1.807, 2.05) is 28.7 Å². The van der Waals surface area contributed by atoms with Crippen molar-refractivity contribution in [3.05, 3.63) is 31.4 Å². The van der Waals surface area contributed by atoms with Crippen molar-refractivity contribution in [1.82, 2.24) is 0 Å². The molecule has 0 heterocycles. The van der Waals surface area contributed by atoms with Crippen LogP contribution in [0.25, 0.3) is 0 Å². The molecule has 0 saturated carbocycles. The quantitative estimate of drug-likeness (QED) is 0.368. The Bertz CT molecular complexity index is 514. The predicted molar refractivity (Wildman–Crippen MR) is 64.9 cm³/mol. The second-order valence-corrected chi connectivity index (χ2v) is 3.83. The minimum Gasteiger partial charge on any atom is -0.473 e. The van der Waals surface area contributed by atoms with Gasteiger partial charge in [0, 0.05) is 6.07 Å². The minimum atomic E-state index is -0.602. The molecule has 0 fully saturated rings. The van der Waals surface area contributed by atoms with Gasteiger partial charge in [-0.1, -0.05) is 5.92 Å². The highest BCUT2D eigenvalue weighted by Gasteiger charge is 2.20. The zero-order chi connectivity index (χ0) is 12.1. The molecule has 0 bridgehead atoms. The van der Waals surface area contributed by atoms with Gasteiger partial charge in [-0.3, -0.25) is 10.1 Å². The molecule has 1 aromatic rings. The van der Waals surface area contributed by atoms with Crippen LogP contribution in [-0.2, 0) is 0 Å². The Kier molecular flexibility index (Phi) is 4.09. The summed E-state index contributed by atoms with van der Waals surface area (Å²) in [7, 11) is 0. The summed E-state index contributed by atoms with van der Waals surface area (Å²) >= 11 is 1.86. The summed E-state index contributed by atoms with van der Waals surface area (Å²) in [6.45, 7) is -0.0528. The maximum atomic E-state index is 10.8. The van der Waals surface area contributed by atoms with Crippen LogP contribution in [0.2, 0.25) is 0 Å². The van der Waals surface area contributed by atoms with Crippen molar-refractivity contribution in [2.24, 2.45) is 0 Å². The van der Waals surface area contributed by atoms with Gasteiger partial charge in [0.25, 0.3) is 0 Å². The topological polar surface area (TPSA) is 76.2 Å². The number of terminal acetylenes is 1. The zero-order valence-corrected chi connectivity index (χ0v) is 10.1. The molecule has 0 aliphatic heterocycles. The van der Waals surface area contributed by atoms with Crippen LogP contribution in [0.5, 0.6) is 5.75 Å². The van der Waals surface area contributed by atoms with Crippen molar-refractivity contribution in [1.29, 1.82) is 5.26 Å². The van der Waals surface area contributed by atoms with Gasteiger partial charge in [-0.05, 0) is 28.7 Å². The molecule has 80 valence electrons.